The van der Waals surface area contributed by atoms with E-state index in [4.69, 9.17) is 21.1 Å². The van der Waals surface area contributed by atoms with Gasteiger partial charge < -0.3 is 14.8 Å². The van der Waals surface area contributed by atoms with E-state index in [2.05, 4.69) is 27.9 Å². The normalized spacial score (nSPS) is 10.9. The van der Waals surface area contributed by atoms with Gasteiger partial charge in [-0.3, -0.25) is 4.79 Å². The summed E-state index contributed by atoms with van der Waals surface area (Å²) in [5.41, 5.74) is 2.49. The van der Waals surface area contributed by atoms with Crippen LogP contribution >= 0.6 is 34.2 Å². The lowest BCUT2D eigenvalue weighted by Crippen LogP contribution is -2.23. The molecule has 0 aliphatic carbocycles. The third-order valence-corrected chi connectivity index (χ3v) is 5.80. The van der Waals surface area contributed by atoms with Crippen molar-refractivity contribution in [2.24, 2.45) is 0 Å². The third kappa shape index (κ3) is 6.98. The number of nitrogens with zero attached hydrogens (tertiary/aromatic N) is 1. The molecule has 33 heavy (non-hydrogen) atoms. The van der Waals surface area contributed by atoms with Crippen LogP contribution in [0.2, 0.25) is 5.02 Å². The summed E-state index contributed by atoms with van der Waals surface area (Å²) in [6.45, 7) is 2.95. The van der Waals surface area contributed by atoms with Gasteiger partial charge >= 0.3 is 0 Å². The Balaban J connectivity index is 1.80. The van der Waals surface area contributed by atoms with E-state index < -0.39 is 5.91 Å². The van der Waals surface area contributed by atoms with Gasteiger partial charge in [0.1, 0.15) is 18.2 Å². The summed E-state index contributed by atoms with van der Waals surface area (Å²) in [6, 6.07) is 22.6. The molecule has 0 saturated carbocycles. The van der Waals surface area contributed by atoms with Gasteiger partial charge in [0, 0.05) is 17.1 Å². The lowest BCUT2D eigenvalue weighted by Gasteiger charge is -2.15. The molecule has 168 valence electrons. The first-order valence-corrected chi connectivity index (χ1v) is 11.7. The van der Waals surface area contributed by atoms with Crippen LogP contribution < -0.4 is 14.8 Å². The highest BCUT2D eigenvalue weighted by Crippen LogP contribution is 2.36. The predicted molar refractivity (Wildman–Crippen MR) is 138 cm³/mol. The third-order valence-electron chi connectivity index (χ3n) is 4.63. The SMILES string of the molecule is CCOc1cc(/C=C(\C#N)C(=O)NCc2ccccc2)cc(I)c1OCc1ccccc1Cl. The van der Waals surface area contributed by atoms with Crippen LogP contribution in [0.3, 0.4) is 0 Å². The summed E-state index contributed by atoms with van der Waals surface area (Å²) >= 11 is 8.39. The minimum absolute atomic E-state index is 0.00825. The van der Waals surface area contributed by atoms with Crippen LogP contribution in [0.25, 0.3) is 6.08 Å². The molecule has 0 aromatic heterocycles. The summed E-state index contributed by atoms with van der Waals surface area (Å²) in [5.74, 6) is 0.680. The van der Waals surface area contributed by atoms with E-state index in [9.17, 15) is 10.1 Å². The average Bonchev–Trinajstić information content (AvgIpc) is 2.82. The van der Waals surface area contributed by atoms with Crippen molar-refractivity contribution in [3.63, 3.8) is 0 Å². The zero-order valence-electron chi connectivity index (χ0n) is 18.0. The Morgan fingerprint density at radius 2 is 1.85 bits per heavy atom. The maximum absolute atomic E-state index is 12.5. The van der Waals surface area contributed by atoms with E-state index in [0.29, 0.717) is 35.2 Å². The van der Waals surface area contributed by atoms with Gasteiger partial charge in [-0.15, -0.1) is 0 Å². The van der Waals surface area contributed by atoms with Crippen LogP contribution in [0.5, 0.6) is 11.5 Å². The molecule has 1 N–H and O–H groups in total. The van der Waals surface area contributed by atoms with Crippen molar-refractivity contribution in [2.45, 2.75) is 20.1 Å². The number of rotatable bonds is 9. The Labute approximate surface area is 212 Å². The highest BCUT2D eigenvalue weighted by atomic mass is 127. The zero-order chi connectivity index (χ0) is 23.6. The van der Waals surface area contributed by atoms with Crippen LogP contribution in [-0.2, 0) is 17.9 Å². The molecule has 7 heteroatoms. The van der Waals surface area contributed by atoms with Crippen molar-refractivity contribution in [1.82, 2.24) is 5.32 Å². The lowest BCUT2D eigenvalue weighted by atomic mass is 10.1. The standard InChI is InChI=1S/C26H22ClIN2O3/c1-2-32-24-14-19(12-21(15-29)26(31)30-16-18-8-4-3-5-9-18)13-23(28)25(24)33-17-20-10-6-7-11-22(20)27/h3-14H,2,16-17H2,1H3,(H,30,31)/b21-12+. The molecule has 0 aliphatic rings. The molecule has 1 amide bonds. The van der Waals surface area contributed by atoms with Gasteiger partial charge in [-0.1, -0.05) is 60.1 Å². The average molecular weight is 573 g/mol. The molecule has 0 atom stereocenters. The van der Waals surface area contributed by atoms with Crippen molar-refractivity contribution in [3.05, 3.63) is 97.6 Å². The summed E-state index contributed by atoms with van der Waals surface area (Å²) in [6.07, 6.45) is 1.54. The Hall–Kier alpha value is -3.02. The second-order valence-electron chi connectivity index (χ2n) is 6.98. The van der Waals surface area contributed by atoms with Crippen molar-refractivity contribution in [1.29, 1.82) is 5.26 Å². The van der Waals surface area contributed by atoms with Crippen LogP contribution in [0, 0.1) is 14.9 Å². The van der Waals surface area contributed by atoms with E-state index in [1.165, 1.54) is 0 Å². The van der Waals surface area contributed by atoms with Gasteiger partial charge in [-0.25, -0.2) is 0 Å². The quantitative estimate of drug-likeness (QED) is 0.190. The van der Waals surface area contributed by atoms with Gasteiger partial charge in [-0.2, -0.15) is 5.26 Å². The number of nitriles is 1. The molecular weight excluding hydrogens is 551 g/mol. The molecule has 3 rings (SSSR count). The van der Waals surface area contributed by atoms with E-state index in [1.807, 2.05) is 73.7 Å². The summed E-state index contributed by atoms with van der Waals surface area (Å²) < 4.78 is 12.6. The van der Waals surface area contributed by atoms with E-state index in [0.717, 1.165) is 14.7 Å². The van der Waals surface area contributed by atoms with Gasteiger partial charge in [0.15, 0.2) is 11.5 Å². The van der Waals surface area contributed by atoms with Crippen molar-refractivity contribution in [3.8, 4) is 17.6 Å². The topological polar surface area (TPSA) is 71.3 Å². The number of carbonyl (C=O) groups excluding carboxylic acids is 1. The molecule has 0 heterocycles. The largest absolute Gasteiger partial charge is 0.490 e. The predicted octanol–water partition coefficient (Wildman–Crippen LogP) is 6.15. The Bertz CT molecular complexity index is 1190. The molecule has 3 aromatic carbocycles. The summed E-state index contributed by atoms with van der Waals surface area (Å²) in [7, 11) is 0. The molecule has 5 nitrogen and oxygen atoms in total. The summed E-state index contributed by atoms with van der Waals surface area (Å²) in [4.78, 5) is 12.5. The molecule has 0 aliphatic heterocycles. The number of benzene rings is 3. The molecule has 0 unspecified atom stereocenters. The van der Waals surface area contributed by atoms with Gasteiger partial charge in [0.2, 0.25) is 0 Å². The maximum atomic E-state index is 12.5. The minimum atomic E-state index is -0.437. The van der Waals surface area contributed by atoms with Crippen LogP contribution in [-0.4, -0.2) is 12.5 Å². The van der Waals surface area contributed by atoms with Crippen molar-refractivity contribution < 1.29 is 14.3 Å². The van der Waals surface area contributed by atoms with E-state index >= 15 is 0 Å². The van der Waals surface area contributed by atoms with Crippen molar-refractivity contribution in [2.75, 3.05) is 6.61 Å². The number of carbonyl (C=O) groups is 1. The molecule has 0 fully saturated rings. The lowest BCUT2D eigenvalue weighted by molar-refractivity contribution is -0.117. The monoisotopic (exact) mass is 572 g/mol. The van der Waals surface area contributed by atoms with Crippen LogP contribution in [0.4, 0.5) is 0 Å². The molecule has 0 spiro atoms. The number of hydrogen-bond acceptors (Lipinski definition) is 4. The van der Waals surface area contributed by atoms with Crippen LogP contribution in [0.1, 0.15) is 23.6 Å². The van der Waals surface area contributed by atoms with Crippen LogP contribution in [0.15, 0.2) is 72.3 Å². The molecule has 0 radical (unpaired) electrons. The minimum Gasteiger partial charge on any atom is -0.490 e. The second-order valence-corrected chi connectivity index (χ2v) is 8.55. The number of nitrogens with one attached hydrogen (secondary N) is 1. The number of hydrogen-bond donors (Lipinski definition) is 1. The Morgan fingerprint density at radius 3 is 2.55 bits per heavy atom. The van der Waals surface area contributed by atoms with E-state index in [-0.39, 0.29) is 12.2 Å². The Kier molecular flexibility index (Phi) is 9.16. The van der Waals surface area contributed by atoms with E-state index in [1.54, 1.807) is 12.1 Å². The maximum Gasteiger partial charge on any atom is 0.262 e. The summed E-state index contributed by atoms with van der Waals surface area (Å²) in [5, 5.41) is 12.9. The molecular formula is C26H22ClIN2O3. The molecule has 0 saturated heterocycles. The Morgan fingerprint density at radius 1 is 1.12 bits per heavy atom. The first kappa shape index (κ1) is 24.6. The first-order chi connectivity index (χ1) is 16.0. The fraction of sp³-hybridized carbons (Fsp3) is 0.154. The number of amides is 1. The van der Waals surface area contributed by atoms with Gasteiger partial charge in [0.25, 0.3) is 5.91 Å². The van der Waals surface area contributed by atoms with Crippen molar-refractivity contribution >= 4 is 46.2 Å². The first-order valence-electron chi connectivity index (χ1n) is 10.3. The smallest absolute Gasteiger partial charge is 0.262 e. The zero-order valence-corrected chi connectivity index (χ0v) is 20.9. The fourth-order valence-electron chi connectivity index (χ4n) is 3.03. The number of halogens is 2. The fourth-order valence-corrected chi connectivity index (χ4v) is 4.00. The number of ether oxygens (including phenoxy) is 2. The van der Waals surface area contributed by atoms with Gasteiger partial charge in [0.05, 0.1) is 10.2 Å². The van der Waals surface area contributed by atoms with Gasteiger partial charge in [-0.05, 0) is 64.9 Å². The molecule has 0 bridgehead atoms. The molecule has 3 aromatic rings. The highest BCUT2D eigenvalue weighted by Gasteiger charge is 2.15. The second kappa shape index (κ2) is 12.3. The highest BCUT2D eigenvalue weighted by molar-refractivity contribution is 14.1.